The molecule has 7 nitrogen and oxygen atoms in total. The number of nitrogens with zero attached hydrogens (tertiary/aromatic N) is 1. The van der Waals surface area contributed by atoms with Crippen molar-refractivity contribution in [2.75, 3.05) is 23.9 Å². The Morgan fingerprint density at radius 1 is 0.974 bits per heavy atom. The first-order chi connectivity index (χ1) is 18.2. The van der Waals surface area contributed by atoms with Gasteiger partial charge in [0.25, 0.3) is 11.8 Å². The molecule has 0 unspecified atom stereocenters. The number of rotatable bonds is 7. The first-order valence-electron chi connectivity index (χ1n) is 11.3. The Hall–Kier alpha value is -3.78. The summed E-state index contributed by atoms with van der Waals surface area (Å²) in [6.45, 7) is 1.44. The average Bonchev–Trinajstić information content (AvgIpc) is 3.13. The first kappa shape index (κ1) is 27.3. The summed E-state index contributed by atoms with van der Waals surface area (Å²) in [6.07, 6.45) is 1.59. The van der Waals surface area contributed by atoms with Gasteiger partial charge >= 0.3 is 5.97 Å². The molecular weight excluding hydrogens is 551 g/mol. The second-order valence-corrected chi connectivity index (χ2v) is 9.42. The van der Waals surface area contributed by atoms with Crippen molar-refractivity contribution in [3.05, 3.63) is 104 Å². The third kappa shape index (κ3) is 6.02. The lowest BCUT2D eigenvalue weighted by molar-refractivity contribution is -0.136. The van der Waals surface area contributed by atoms with Gasteiger partial charge in [-0.25, -0.2) is 4.79 Å². The third-order valence-electron chi connectivity index (χ3n) is 5.62. The predicted molar refractivity (Wildman–Crippen MR) is 149 cm³/mol. The Labute approximate surface area is 234 Å². The largest absolute Gasteiger partial charge is 0.484 e. The van der Waals surface area contributed by atoms with E-state index in [0.717, 1.165) is 0 Å². The van der Waals surface area contributed by atoms with E-state index >= 15 is 0 Å². The number of carbonyl (C=O) groups is 3. The van der Waals surface area contributed by atoms with Crippen LogP contribution in [0, 0.1) is 0 Å². The van der Waals surface area contributed by atoms with E-state index in [1.807, 2.05) is 0 Å². The van der Waals surface area contributed by atoms with E-state index in [1.165, 1.54) is 12.0 Å². The van der Waals surface area contributed by atoms with Crippen LogP contribution in [0.3, 0.4) is 0 Å². The summed E-state index contributed by atoms with van der Waals surface area (Å²) in [6, 6.07) is 18.3. The standard InChI is InChI=1S/C28H21Cl3N2O5/c1-16-26(28(36)37-2)22(27(35)33(16)20-8-11-23(30)24(31)14-20)12-17-6-9-21(10-7-17)38-15-25(34)32-19-5-3-4-18(29)13-19/h3-14H,15H2,1-2H3,(H,32,34)/b22-12-. The Bertz CT molecular complexity index is 1480. The maximum absolute atomic E-state index is 13.4. The minimum atomic E-state index is -0.643. The minimum Gasteiger partial charge on any atom is -0.484 e. The maximum atomic E-state index is 13.4. The van der Waals surface area contributed by atoms with Crippen molar-refractivity contribution < 1.29 is 23.9 Å². The fourth-order valence-corrected chi connectivity index (χ4v) is 4.34. The van der Waals surface area contributed by atoms with Crippen LogP contribution in [-0.2, 0) is 19.1 Å². The van der Waals surface area contributed by atoms with Crippen molar-refractivity contribution in [3.8, 4) is 5.75 Å². The molecule has 10 heteroatoms. The average molecular weight is 572 g/mol. The predicted octanol–water partition coefficient (Wildman–Crippen LogP) is 6.54. The van der Waals surface area contributed by atoms with Gasteiger partial charge in [-0.05, 0) is 67.1 Å². The number of benzene rings is 3. The van der Waals surface area contributed by atoms with Crippen molar-refractivity contribution in [3.63, 3.8) is 0 Å². The topological polar surface area (TPSA) is 84.9 Å². The number of halogens is 3. The molecule has 0 aromatic heterocycles. The van der Waals surface area contributed by atoms with Crippen LogP contribution in [0.4, 0.5) is 11.4 Å². The molecule has 3 aromatic rings. The van der Waals surface area contributed by atoms with Gasteiger partial charge in [-0.15, -0.1) is 0 Å². The van der Waals surface area contributed by atoms with Crippen LogP contribution in [0.1, 0.15) is 12.5 Å². The number of amides is 2. The number of nitrogens with one attached hydrogen (secondary N) is 1. The smallest absolute Gasteiger partial charge is 0.340 e. The zero-order valence-corrected chi connectivity index (χ0v) is 22.5. The first-order valence-corrected chi connectivity index (χ1v) is 12.4. The summed E-state index contributed by atoms with van der Waals surface area (Å²) in [5.41, 5.74) is 2.36. The Kier molecular flexibility index (Phi) is 8.42. The zero-order chi connectivity index (χ0) is 27.4. The lowest BCUT2D eigenvalue weighted by Crippen LogP contribution is -2.24. The number of methoxy groups -OCH3 is 1. The summed E-state index contributed by atoms with van der Waals surface area (Å²) in [5, 5.41) is 3.83. The second kappa shape index (κ2) is 11.7. The van der Waals surface area contributed by atoms with Crippen LogP contribution in [0.2, 0.25) is 15.1 Å². The highest BCUT2D eigenvalue weighted by molar-refractivity contribution is 6.42. The lowest BCUT2D eigenvalue weighted by atomic mass is 10.0. The molecule has 4 rings (SSSR count). The molecule has 1 aliphatic rings. The van der Waals surface area contributed by atoms with Crippen molar-refractivity contribution in [1.29, 1.82) is 0 Å². The molecule has 38 heavy (non-hydrogen) atoms. The molecule has 3 aromatic carbocycles. The number of esters is 1. The van der Waals surface area contributed by atoms with Gasteiger partial charge in [0.2, 0.25) is 0 Å². The number of hydrogen-bond acceptors (Lipinski definition) is 5. The van der Waals surface area contributed by atoms with E-state index in [2.05, 4.69) is 5.32 Å². The molecule has 0 aliphatic carbocycles. The lowest BCUT2D eigenvalue weighted by Gasteiger charge is -2.18. The molecule has 0 radical (unpaired) electrons. The van der Waals surface area contributed by atoms with Gasteiger partial charge in [0.1, 0.15) is 5.75 Å². The summed E-state index contributed by atoms with van der Waals surface area (Å²) in [7, 11) is 1.25. The van der Waals surface area contributed by atoms with Gasteiger partial charge in [0.05, 0.1) is 34.0 Å². The van der Waals surface area contributed by atoms with E-state index in [9.17, 15) is 14.4 Å². The number of hydrogen-bond donors (Lipinski definition) is 1. The molecule has 0 saturated carbocycles. The van der Waals surface area contributed by atoms with E-state index in [-0.39, 0.29) is 28.7 Å². The van der Waals surface area contributed by atoms with E-state index < -0.39 is 11.9 Å². The summed E-state index contributed by atoms with van der Waals surface area (Å²) < 4.78 is 10.5. The van der Waals surface area contributed by atoms with Crippen molar-refractivity contribution in [2.24, 2.45) is 0 Å². The van der Waals surface area contributed by atoms with Gasteiger partial charge in [0, 0.05) is 16.4 Å². The highest BCUT2D eigenvalue weighted by atomic mass is 35.5. The molecule has 0 bridgehead atoms. The van der Waals surface area contributed by atoms with Gasteiger partial charge in [0.15, 0.2) is 6.61 Å². The van der Waals surface area contributed by atoms with Crippen LogP contribution in [0.5, 0.6) is 5.75 Å². The fourth-order valence-electron chi connectivity index (χ4n) is 3.85. The van der Waals surface area contributed by atoms with Crippen LogP contribution >= 0.6 is 34.8 Å². The van der Waals surface area contributed by atoms with Gasteiger partial charge in [-0.3, -0.25) is 14.5 Å². The number of allylic oxidation sites excluding steroid dienone is 1. The molecule has 1 aliphatic heterocycles. The Balaban J connectivity index is 1.52. The summed E-state index contributed by atoms with van der Waals surface area (Å²) in [4.78, 5) is 39.6. The molecular formula is C28H21Cl3N2O5. The van der Waals surface area contributed by atoms with Crippen LogP contribution in [-0.4, -0.2) is 31.5 Å². The third-order valence-corrected chi connectivity index (χ3v) is 6.59. The molecule has 194 valence electrons. The summed E-state index contributed by atoms with van der Waals surface area (Å²) >= 11 is 18.1. The van der Waals surface area contributed by atoms with Crippen molar-refractivity contribution in [2.45, 2.75) is 6.92 Å². The van der Waals surface area contributed by atoms with Gasteiger partial charge < -0.3 is 14.8 Å². The highest BCUT2D eigenvalue weighted by Crippen LogP contribution is 2.37. The van der Waals surface area contributed by atoms with E-state index in [4.69, 9.17) is 44.3 Å². The normalized spacial score (nSPS) is 14.2. The summed E-state index contributed by atoms with van der Waals surface area (Å²) in [5.74, 6) is -0.959. The van der Waals surface area contributed by atoms with Gasteiger partial charge in [-0.1, -0.05) is 53.0 Å². The Morgan fingerprint density at radius 2 is 1.71 bits per heavy atom. The molecule has 0 saturated heterocycles. The zero-order valence-electron chi connectivity index (χ0n) is 20.3. The molecule has 0 fully saturated rings. The van der Waals surface area contributed by atoms with Crippen LogP contribution < -0.4 is 15.0 Å². The minimum absolute atomic E-state index is 0.140. The van der Waals surface area contributed by atoms with Crippen molar-refractivity contribution >= 4 is 70.0 Å². The molecule has 0 atom stereocenters. The van der Waals surface area contributed by atoms with Gasteiger partial charge in [-0.2, -0.15) is 0 Å². The van der Waals surface area contributed by atoms with Crippen LogP contribution in [0.15, 0.2) is 83.6 Å². The van der Waals surface area contributed by atoms with Crippen molar-refractivity contribution in [1.82, 2.24) is 0 Å². The maximum Gasteiger partial charge on any atom is 0.340 e. The number of ether oxygens (including phenoxy) is 2. The SMILES string of the molecule is COC(=O)C1=C(C)N(c2ccc(Cl)c(Cl)c2)C(=O)/C1=C\c1ccc(OCC(=O)Nc2cccc(Cl)c2)cc1. The fraction of sp³-hybridized carbons (Fsp3) is 0.107. The highest BCUT2D eigenvalue weighted by Gasteiger charge is 2.38. The van der Waals surface area contributed by atoms with E-state index in [0.29, 0.717) is 38.4 Å². The van der Waals surface area contributed by atoms with Crippen LogP contribution in [0.25, 0.3) is 6.08 Å². The molecule has 0 spiro atoms. The molecule has 2 amide bonds. The second-order valence-electron chi connectivity index (χ2n) is 8.17. The molecule has 1 heterocycles. The monoisotopic (exact) mass is 570 g/mol. The number of anilines is 2. The van der Waals surface area contributed by atoms with E-state index in [1.54, 1.807) is 79.7 Å². The quantitative estimate of drug-likeness (QED) is 0.257. The Morgan fingerprint density at radius 3 is 2.37 bits per heavy atom. The molecule has 1 N–H and O–H groups in total. The number of carbonyl (C=O) groups excluding carboxylic acids is 3.